The zero-order valence-corrected chi connectivity index (χ0v) is 22.1. The van der Waals surface area contributed by atoms with Crippen molar-refractivity contribution in [3.8, 4) is 0 Å². The summed E-state index contributed by atoms with van der Waals surface area (Å²) in [6.07, 6.45) is 4.92. The van der Waals surface area contributed by atoms with Crippen molar-refractivity contribution < 1.29 is 14.6 Å². The third kappa shape index (κ3) is 5.09. The molecule has 1 saturated carbocycles. The normalized spacial score (nSPS) is 23.6. The molecule has 0 bridgehead atoms. The molecule has 0 amide bonds. The molecule has 2 aliphatic rings. The van der Waals surface area contributed by atoms with Crippen LogP contribution in [0.15, 0.2) is 36.8 Å². The third-order valence-corrected chi connectivity index (χ3v) is 8.31. The van der Waals surface area contributed by atoms with Crippen LogP contribution in [0.2, 0.25) is 0 Å². The maximum atomic E-state index is 13.6. The number of anilines is 1. The quantitative estimate of drug-likeness (QED) is 0.460. The van der Waals surface area contributed by atoms with Crippen molar-refractivity contribution in [2.24, 2.45) is 5.92 Å². The molecule has 1 aliphatic carbocycles. The van der Waals surface area contributed by atoms with Crippen LogP contribution in [-0.4, -0.2) is 58.6 Å². The second-order valence-electron chi connectivity index (χ2n) is 10.4. The van der Waals surface area contributed by atoms with Crippen LogP contribution < -0.4 is 5.32 Å². The van der Waals surface area contributed by atoms with E-state index in [1.807, 2.05) is 13.0 Å². The van der Waals surface area contributed by atoms with Gasteiger partial charge in [0.2, 0.25) is 5.78 Å². The Bertz CT molecular complexity index is 1250. The number of thiophene rings is 1. The Kier molecular flexibility index (Phi) is 7.21. The summed E-state index contributed by atoms with van der Waals surface area (Å²) in [5.74, 6) is 0.658. The minimum Gasteiger partial charge on any atom is -0.393 e. The van der Waals surface area contributed by atoms with Crippen molar-refractivity contribution in [2.75, 3.05) is 26.0 Å². The van der Waals surface area contributed by atoms with Crippen molar-refractivity contribution in [1.29, 1.82) is 0 Å². The van der Waals surface area contributed by atoms with Gasteiger partial charge in [0.05, 0.1) is 23.2 Å². The Morgan fingerprint density at radius 3 is 2.83 bits per heavy atom. The van der Waals surface area contributed by atoms with E-state index in [9.17, 15) is 9.90 Å². The van der Waals surface area contributed by atoms with Crippen molar-refractivity contribution in [3.63, 3.8) is 0 Å². The van der Waals surface area contributed by atoms with E-state index in [1.165, 1.54) is 34.4 Å². The molecule has 7 nitrogen and oxygen atoms in total. The summed E-state index contributed by atoms with van der Waals surface area (Å²) >= 11 is 1.49. The molecule has 4 atom stereocenters. The zero-order valence-electron chi connectivity index (χ0n) is 21.3. The highest BCUT2D eigenvalue weighted by Gasteiger charge is 2.32. The van der Waals surface area contributed by atoms with Gasteiger partial charge in [0, 0.05) is 23.7 Å². The lowest BCUT2D eigenvalue weighted by atomic mass is 9.91. The number of nitrogens with one attached hydrogen (secondary N) is 1. The second kappa shape index (κ2) is 10.4. The zero-order chi connectivity index (χ0) is 25.4. The molecule has 2 aromatic heterocycles. The molecule has 5 rings (SSSR count). The summed E-state index contributed by atoms with van der Waals surface area (Å²) in [6, 6.07) is 8.74. The lowest BCUT2D eigenvalue weighted by Crippen LogP contribution is -2.20. The van der Waals surface area contributed by atoms with Crippen molar-refractivity contribution >= 4 is 22.9 Å². The van der Waals surface area contributed by atoms with Gasteiger partial charge in [0.15, 0.2) is 0 Å². The molecule has 1 fully saturated rings. The average molecular weight is 507 g/mol. The summed E-state index contributed by atoms with van der Waals surface area (Å²) in [5.41, 5.74) is 5.26. The number of aromatic nitrogens is 2. The molecule has 8 heteroatoms. The molecule has 36 heavy (non-hydrogen) atoms. The highest BCUT2D eigenvalue weighted by atomic mass is 32.1. The maximum Gasteiger partial charge on any atom is 0.208 e. The Hall–Kier alpha value is -2.65. The summed E-state index contributed by atoms with van der Waals surface area (Å²) in [5, 5.41) is 13.5. The number of carbonyl (C=O) groups excluding carboxylic acids is 1. The molecule has 190 valence electrons. The smallest absolute Gasteiger partial charge is 0.208 e. The van der Waals surface area contributed by atoms with Crippen molar-refractivity contribution in [2.45, 2.75) is 57.9 Å². The van der Waals surface area contributed by atoms with Crippen LogP contribution in [0, 0.1) is 12.8 Å². The first-order valence-corrected chi connectivity index (χ1v) is 13.4. The van der Waals surface area contributed by atoms with Crippen LogP contribution in [0.25, 0.3) is 0 Å². The molecule has 1 aliphatic heterocycles. The molecule has 0 spiro atoms. The van der Waals surface area contributed by atoms with Gasteiger partial charge in [-0.25, -0.2) is 9.97 Å². The molecule has 3 aromatic rings. The van der Waals surface area contributed by atoms with Gasteiger partial charge < -0.3 is 20.1 Å². The first-order chi connectivity index (χ1) is 17.3. The number of benzene rings is 1. The first-order valence-electron chi connectivity index (χ1n) is 12.6. The van der Waals surface area contributed by atoms with Gasteiger partial charge in [-0.15, -0.1) is 11.3 Å². The van der Waals surface area contributed by atoms with Crippen LogP contribution >= 0.6 is 11.3 Å². The highest BCUT2D eigenvalue weighted by Crippen LogP contribution is 2.39. The first kappa shape index (κ1) is 25.0. The Morgan fingerprint density at radius 1 is 1.25 bits per heavy atom. The van der Waals surface area contributed by atoms with Gasteiger partial charge in [-0.3, -0.25) is 4.79 Å². The van der Waals surface area contributed by atoms with Crippen LogP contribution in [0.1, 0.15) is 68.2 Å². The SMILES string of the molecule is Cc1sc(C(=O)c2cncnc2N[C@@H]2C[C@@H](C)[C@@H](O)C2)cc1[C@H]1OCCc2ccc(CN(C)C)cc21. The fourth-order valence-corrected chi connectivity index (χ4v) is 6.36. The van der Waals surface area contributed by atoms with Gasteiger partial charge in [-0.2, -0.15) is 0 Å². The number of carbonyl (C=O) groups is 1. The molecule has 1 aromatic carbocycles. The lowest BCUT2D eigenvalue weighted by molar-refractivity contribution is 0.0696. The molecule has 2 N–H and O–H groups in total. The van der Waals surface area contributed by atoms with Crippen LogP contribution in [0.4, 0.5) is 5.82 Å². The minimum absolute atomic E-state index is 0.0839. The van der Waals surface area contributed by atoms with E-state index in [4.69, 9.17) is 4.74 Å². The average Bonchev–Trinajstić information content (AvgIpc) is 3.39. The number of rotatable bonds is 7. The highest BCUT2D eigenvalue weighted by molar-refractivity contribution is 7.14. The molecular weight excluding hydrogens is 472 g/mol. The third-order valence-electron chi connectivity index (χ3n) is 7.25. The molecule has 0 radical (unpaired) electrons. The minimum atomic E-state index is -0.331. The number of hydrogen-bond acceptors (Lipinski definition) is 8. The predicted molar refractivity (Wildman–Crippen MR) is 142 cm³/mol. The van der Waals surface area contributed by atoms with Gasteiger partial charge in [-0.1, -0.05) is 25.1 Å². The van der Waals surface area contributed by atoms with Crippen LogP contribution in [0.5, 0.6) is 0 Å². The van der Waals surface area contributed by atoms with Crippen molar-refractivity contribution in [1.82, 2.24) is 14.9 Å². The van der Waals surface area contributed by atoms with E-state index in [0.29, 0.717) is 29.3 Å². The lowest BCUT2D eigenvalue weighted by Gasteiger charge is -2.27. The summed E-state index contributed by atoms with van der Waals surface area (Å²) in [6.45, 7) is 5.63. The van der Waals surface area contributed by atoms with E-state index in [2.05, 4.69) is 59.4 Å². The Morgan fingerprint density at radius 2 is 2.08 bits per heavy atom. The van der Waals surface area contributed by atoms with E-state index < -0.39 is 0 Å². The molecule has 3 heterocycles. The van der Waals surface area contributed by atoms with Gasteiger partial charge in [0.1, 0.15) is 18.2 Å². The molecule has 0 unspecified atom stereocenters. The van der Waals surface area contributed by atoms with Crippen LogP contribution in [-0.2, 0) is 17.7 Å². The number of fused-ring (bicyclic) bond motifs is 1. The fraction of sp³-hybridized carbons (Fsp3) is 0.464. The Labute approximate surface area is 216 Å². The number of ether oxygens (including phenoxy) is 1. The number of hydrogen-bond donors (Lipinski definition) is 2. The van der Waals surface area contributed by atoms with E-state index in [-0.39, 0.29) is 30.0 Å². The van der Waals surface area contributed by atoms with Gasteiger partial charge >= 0.3 is 0 Å². The van der Waals surface area contributed by atoms with Gasteiger partial charge in [0.25, 0.3) is 0 Å². The maximum absolute atomic E-state index is 13.6. The number of aliphatic hydroxyl groups excluding tert-OH is 1. The standard InChI is InChI=1S/C28H34N4O3S/c1-16-9-20(11-24(16)33)31-28-23(13-29-15-30-28)26(34)25-12-21(17(2)36-25)27-22-10-18(14-32(3)4)5-6-19(22)7-8-35-27/h5-6,10,12-13,15-16,20,24,27,33H,7-9,11,14H2,1-4H3,(H,29,30,31)/t16-,20-,24+,27-/m1/s1. The summed E-state index contributed by atoms with van der Waals surface area (Å²) in [4.78, 5) is 26.0. The second-order valence-corrected chi connectivity index (χ2v) is 11.6. The number of aryl methyl sites for hydroxylation is 1. The fourth-order valence-electron chi connectivity index (χ4n) is 5.36. The molecule has 0 saturated heterocycles. The molecular formula is C28H34N4O3S. The summed E-state index contributed by atoms with van der Waals surface area (Å²) in [7, 11) is 4.14. The number of aliphatic hydroxyl groups is 1. The monoisotopic (exact) mass is 506 g/mol. The van der Waals surface area contributed by atoms with E-state index in [0.717, 1.165) is 29.8 Å². The predicted octanol–water partition coefficient (Wildman–Crippen LogP) is 4.37. The van der Waals surface area contributed by atoms with Gasteiger partial charge in [-0.05, 0) is 74.5 Å². The van der Waals surface area contributed by atoms with E-state index in [1.54, 1.807) is 6.20 Å². The number of ketones is 1. The summed E-state index contributed by atoms with van der Waals surface area (Å²) < 4.78 is 6.28. The van der Waals surface area contributed by atoms with Crippen LogP contribution in [0.3, 0.4) is 0 Å². The van der Waals surface area contributed by atoms with Crippen molar-refractivity contribution in [3.05, 3.63) is 74.4 Å². The number of nitrogens with zero attached hydrogens (tertiary/aromatic N) is 3. The largest absolute Gasteiger partial charge is 0.393 e. The Balaban J connectivity index is 1.42. The van der Waals surface area contributed by atoms with E-state index >= 15 is 0 Å². The topological polar surface area (TPSA) is 87.6 Å².